The molecule has 39 heavy (non-hydrogen) atoms. The van der Waals surface area contributed by atoms with Gasteiger partial charge in [-0.15, -0.1) is 0 Å². The van der Waals surface area contributed by atoms with Crippen LogP contribution in [0.3, 0.4) is 0 Å². The summed E-state index contributed by atoms with van der Waals surface area (Å²) in [4.78, 5) is 18.9. The molecule has 1 aliphatic rings. The molecule has 0 unspecified atom stereocenters. The van der Waals surface area contributed by atoms with E-state index in [-0.39, 0.29) is 35.3 Å². The number of hydrogen-bond donors (Lipinski definition) is 2. The molecule has 0 amide bonds. The molecule has 0 fully saturated rings. The quantitative estimate of drug-likeness (QED) is 0.343. The highest BCUT2D eigenvalue weighted by atomic mass is 19.4. The topological polar surface area (TPSA) is 111 Å². The largest absolute Gasteiger partial charge is 0.424 e. The normalized spacial score (nSPS) is 18.8. The van der Waals surface area contributed by atoms with Crippen LogP contribution in [0.5, 0.6) is 0 Å². The molecular weight excluding hydrogens is 535 g/mol. The number of alkyl halides is 6. The van der Waals surface area contributed by atoms with Crippen LogP contribution in [0, 0.1) is 5.82 Å². The lowest BCUT2D eigenvalue weighted by Crippen LogP contribution is -2.58. The third kappa shape index (κ3) is 8.70. The highest BCUT2D eigenvalue weighted by Gasteiger charge is 2.57. The number of anilines is 2. The molecule has 0 saturated heterocycles. The third-order valence-electron chi connectivity index (χ3n) is 4.78. The van der Waals surface area contributed by atoms with Crippen molar-refractivity contribution in [2.24, 2.45) is 10.7 Å². The predicted molar refractivity (Wildman–Crippen MR) is 134 cm³/mol. The summed E-state index contributed by atoms with van der Waals surface area (Å²) >= 11 is 0. The lowest BCUT2D eigenvalue weighted by molar-refractivity contribution is -0.245. The fourth-order valence-corrected chi connectivity index (χ4v) is 2.75. The number of ether oxygens (including phenoxy) is 1. The van der Waals surface area contributed by atoms with E-state index in [2.05, 4.69) is 35.0 Å². The summed E-state index contributed by atoms with van der Waals surface area (Å²) in [5.41, 5.74) is 2.07. The Kier molecular flexibility index (Phi) is 12.0. The SMILES string of the molecule is CC.CC.C[C@H]1CO[C@@](C)(C(F)(F)F)C(N)=N1.Fc1ccc(Nc2ncnc3cc(C(F)(F)F)cnc23)nc1. The Hall–Kier alpha value is -3.62. The maximum absolute atomic E-state index is 12.8. The zero-order chi connectivity index (χ0) is 30.0. The van der Waals surface area contributed by atoms with Gasteiger partial charge in [0.15, 0.2) is 5.82 Å². The zero-order valence-corrected chi connectivity index (χ0v) is 22.1. The standard InChI is InChI=1S/C13H7F4N5.C7H11F3N2O.2C2H6/c14-8-1-2-10(18-5-8)22-12-11-9(20-6-21-12)3-7(4-19-11)13(15,16)17;1-4-3-13-6(2,5(11)12-4)7(8,9)10;2*1-2/h1-6H,(H,18,20,21,22);4H,3H2,1-2H3,(H2,11,12);2*1-2H3/t;4-,6+;;/m.0../s1. The second-order valence-corrected chi connectivity index (χ2v) is 7.50. The molecule has 1 aliphatic heterocycles. The molecule has 8 nitrogen and oxygen atoms in total. The fraction of sp³-hybridized carbons (Fsp3) is 0.458. The van der Waals surface area contributed by atoms with Crippen molar-refractivity contribution < 1.29 is 35.5 Å². The molecule has 4 rings (SSSR count). The lowest BCUT2D eigenvalue weighted by Gasteiger charge is -2.35. The lowest BCUT2D eigenvalue weighted by atomic mass is 10.0. The van der Waals surface area contributed by atoms with Crippen molar-refractivity contribution in [3.63, 3.8) is 0 Å². The van der Waals surface area contributed by atoms with Gasteiger partial charge >= 0.3 is 12.4 Å². The van der Waals surface area contributed by atoms with Gasteiger partial charge in [0.1, 0.15) is 29.3 Å². The maximum atomic E-state index is 12.8. The molecule has 0 bridgehead atoms. The first-order valence-corrected chi connectivity index (χ1v) is 11.8. The van der Waals surface area contributed by atoms with Crippen molar-refractivity contribution in [2.75, 3.05) is 11.9 Å². The third-order valence-corrected chi connectivity index (χ3v) is 4.78. The van der Waals surface area contributed by atoms with Gasteiger partial charge in [-0.1, -0.05) is 27.7 Å². The van der Waals surface area contributed by atoms with Gasteiger partial charge in [-0.2, -0.15) is 26.3 Å². The monoisotopic (exact) mass is 565 g/mol. The van der Waals surface area contributed by atoms with Gasteiger partial charge < -0.3 is 15.8 Å². The Morgan fingerprint density at radius 3 is 2.13 bits per heavy atom. The molecule has 3 N–H and O–H groups in total. The molecule has 15 heteroatoms. The number of halogens is 7. The van der Waals surface area contributed by atoms with E-state index >= 15 is 0 Å². The zero-order valence-electron chi connectivity index (χ0n) is 22.1. The summed E-state index contributed by atoms with van der Waals surface area (Å²) in [6, 6.07) is 3.13. The van der Waals surface area contributed by atoms with E-state index in [1.165, 1.54) is 12.1 Å². The van der Waals surface area contributed by atoms with Crippen molar-refractivity contribution >= 4 is 28.5 Å². The number of nitrogens with zero attached hydrogens (tertiary/aromatic N) is 5. The van der Waals surface area contributed by atoms with E-state index in [9.17, 15) is 30.7 Å². The summed E-state index contributed by atoms with van der Waals surface area (Å²) in [7, 11) is 0. The first-order valence-electron chi connectivity index (χ1n) is 11.8. The van der Waals surface area contributed by atoms with Gasteiger partial charge in [-0.25, -0.2) is 19.3 Å². The van der Waals surface area contributed by atoms with Crippen LogP contribution in [0.1, 0.15) is 47.1 Å². The van der Waals surface area contributed by atoms with Crippen molar-refractivity contribution in [2.45, 2.75) is 65.5 Å². The summed E-state index contributed by atoms with van der Waals surface area (Å²) in [6.07, 6.45) is -6.20. The molecular formula is C24H30F7N7O. The van der Waals surface area contributed by atoms with E-state index in [0.29, 0.717) is 6.20 Å². The number of aliphatic imine (C=N–C) groups is 1. The minimum absolute atomic E-state index is 0.0365. The van der Waals surface area contributed by atoms with Gasteiger partial charge in [-0.05, 0) is 32.0 Å². The molecule has 3 aromatic rings. The summed E-state index contributed by atoms with van der Waals surface area (Å²) < 4.78 is 92.7. The van der Waals surface area contributed by atoms with Gasteiger partial charge in [0.05, 0.1) is 29.9 Å². The van der Waals surface area contributed by atoms with Crippen LogP contribution in [-0.4, -0.2) is 50.2 Å². The van der Waals surface area contributed by atoms with Gasteiger partial charge in [0.25, 0.3) is 0 Å². The van der Waals surface area contributed by atoms with Crippen molar-refractivity contribution in [1.82, 2.24) is 19.9 Å². The van der Waals surface area contributed by atoms with E-state index in [0.717, 1.165) is 25.5 Å². The number of nitrogens with two attached hydrogens (primary N) is 1. The number of nitrogens with one attached hydrogen (secondary N) is 1. The average Bonchev–Trinajstić information content (AvgIpc) is 2.89. The molecule has 3 aromatic heterocycles. The Labute approximate surface area is 220 Å². The first-order chi connectivity index (χ1) is 18.2. The van der Waals surface area contributed by atoms with Gasteiger partial charge in [0, 0.05) is 6.20 Å². The van der Waals surface area contributed by atoms with Crippen LogP contribution < -0.4 is 11.1 Å². The highest BCUT2D eigenvalue weighted by molar-refractivity contribution is 5.90. The number of rotatable bonds is 2. The number of aromatic nitrogens is 4. The number of amidine groups is 1. The minimum Gasteiger partial charge on any atom is -0.385 e. The van der Waals surface area contributed by atoms with Crippen LogP contribution in [0.4, 0.5) is 42.4 Å². The second-order valence-electron chi connectivity index (χ2n) is 7.50. The number of pyridine rings is 2. The van der Waals surface area contributed by atoms with E-state index in [1.807, 2.05) is 27.7 Å². The highest BCUT2D eigenvalue weighted by Crippen LogP contribution is 2.35. The second kappa shape index (κ2) is 14.0. The van der Waals surface area contributed by atoms with Gasteiger partial charge in [-0.3, -0.25) is 9.98 Å². The fourth-order valence-electron chi connectivity index (χ4n) is 2.75. The Balaban J connectivity index is 0.000000383. The summed E-state index contributed by atoms with van der Waals surface area (Å²) in [5.74, 6) is -0.550. The Morgan fingerprint density at radius 1 is 0.974 bits per heavy atom. The van der Waals surface area contributed by atoms with Crippen LogP contribution >= 0.6 is 0 Å². The van der Waals surface area contributed by atoms with Gasteiger partial charge in [0.2, 0.25) is 5.60 Å². The van der Waals surface area contributed by atoms with Crippen molar-refractivity contribution in [3.05, 3.63) is 48.3 Å². The van der Waals surface area contributed by atoms with Crippen LogP contribution in [0.25, 0.3) is 11.0 Å². The summed E-state index contributed by atoms with van der Waals surface area (Å²) in [5, 5.41) is 2.76. The molecule has 0 aromatic carbocycles. The molecule has 216 valence electrons. The van der Waals surface area contributed by atoms with Crippen molar-refractivity contribution in [3.8, 4) is 0 Å². The summed E-state index contributed by atoms with van der Waals surface area (Å²) in [6.45, 7) is 10.5. The number of hydrogen-bond acceptors (Lipinski definition) is 8. The predicted octanol–water partition coefficient (Wildman–Crippen LogP) is 6.46. The molecule has 0 saturated carbocycles. The van der Waals surface area contributed by atoms with Crippen LogP contribution in [-0.2, 0) is 10.9 Å². The average molecular weight is 566 g/mol. The van der Waals surface area contributed by atoms with Crippen LogP contribution in [0.15, 0.2) is 41.9 Å². The molecule has 0 aliphatic carbocycles. The van der Waals surface area contributed by atoms with E-state index in [1.54, 1.807) is 6.92 Å². The minimum atomic E-state index is -4.51. The maximum Gasteiger partial charge on any atom is 0.424 e. The number of fused-ring (bicyclic) bond motifs is 1. The Bertz CT molecular complexity index is 1220. The molecule has 0 spiro atoms. The molecule has 0 radical (unpaired) electrons. The Morgan fingerprint density at radius 2 is 1.62 bits per heavy atom. The van der Waals surface area contributed by atoms with E-state index in [4.69, 9.17) is 5.73 Å². The smallest absolute Gasteiger partial charge is 0.385 e. The molecule has 4 heterocycles. The van der Waals surface area contributed by atoms with Crippen molar-refractivity contribution in [1.29, 1.82) is 0 Å². The van der Waals surface area contributed by atoms with Crippen LogP contribution in [0.2, 0.25) is 0 Å². The molecule has 2 atom stereocenters. The van der Waals surface area contributed by atoms with E-state index < -0.39 is 35.2 Å². The first kappa shape index (κ1) is 33.4.